The first kappa shape index (κ1) is 12.9. The molecule has 3 heteroatoms. The molecule has 0 radical (unpaired) electrons. The van der Waals surface area contributed by atoms with Crippen molar-refractivity contribution in [2.24, 2.45) is 5.73 Å². The number of benzene rings is 1. The van der Waals surface area contributed by atoms with Crippen LogP contribution < -0.4 is 5.73 Å². The Bertz CT molecular complexity index is 374. The first-order valence-electron chi connectivity index (χ1n) is 5.38. The highest BCUT2D eigenvalue weighted by Crippen LogP contribution is 2.12. The van der Waals surface area contributed by atoms with Gasteiger partial charge in [0, 0.05) is 13.5 Å². The molecule has 0 amide bonds. The third-order valence-corrected chi connectivity index (χ3v) is 2.63. The fraction of sp³-hybridized carbons (Fsp3) is 0.462. The maximum Gasteiger partial charge on any atom is 0.156 e. The molecular formula is C13H19NO2. The van der Waals surface area contributed by atoms with Crippen LogP contribution in [0, 0.1) is 13.8 Å². The number of methoxy groups -OCH3 is 1. The van der Waals surface area contributed by atoms with Crippen LogP contribution in [-0.2, 0) is 16.0 Å². The van der Waals surface area contributed by atoms with Crippen molar-refractivity contribution in [1.29, 1.82) is 0 Å². The molecule has 0 saturated heterocycles. The highest BCUT2D eigenvalue weighted by molar-refractivity contribution is 5.86. The van der Waals surface area contributed by atoms with E-state index in [0.717, 1.165) is 16.7 Å². The monoisotopic (exact) mass is 221 g/mol. The maximum atomic E-state index is 11.8. The standard InChI is InChI=1S/C13H19NO2/c1-9-4-5-10(2)11(6-9)7-13(15)12(14)8-16-3/h4-6,12H,7-8,14H2,1-3H3. The van der Waals surface area contributed by atoms with Gasteiger partial charge in [0.1, 0.15) is 0 Å². The Labute approximate surface area is 96.6 Å². The highest BCUT2D eigenvalue weighted by atomic mass is 16.5. The van der Waals surface area contributed by atoms with Gasteiger partial charge in [-0.25, -0.2) is 0 Å². The third kappa shape index (κ3) is 3.43. The molecule has 1 unspecified atom stereocenters. The van der Waals surface area contributed by atoms with E-state index in [-0.39, 0.29) is 12.4 Å². The van der Waals surface area contributed by atoms with Crippen LogP contribution in [0.3, 0.4) is 0 Å². The molecule has 1 aromatic rings. The molecule has 0 spiro atoms. The summed E-state index contributed by atoms with van der Waals surface area (Å²) in [6, 6.07) is 5.58. The molecular weight excluding hydrogens is 202 g/mol. The van der Waals surface area contributed by atoms with E-state index in [0.29, 0.717) is 6.42 Å². The summed E-state index contributed by atoms with van der Waals surface area (Å²) in [5.74, 6) is 0.0237. The number of hydrogen-bond acceptors (Lipinski definition) is 3. The molecule has 0 aliphatic carbocycles. The lowest BCUT2D eigenvalue weighted by Crippen LogP contribution is -2.36. The lowest BCUT2D eigenvalue weighted by Gasteiger charge is -2.11. The summed E-state index contributed by atoms with van der Waals surface area (Å²) >= 11 is 0. The van der Waals surface area contributed by atoms with E-state index in [4.69, 9.17) is 10.5 Å². The molecule has 0 saturated carbocycles. The first-order valence-corrected chi connectivity index (χ1v) is 5.38. The van der Waals surface area contributed by atoms with Crippen molar-refractivity contribution in [1.82, 2.24) is 0 Å². The molecule has 0 aliphatic heterocycles. The predicted molar refractivity (Wildman–Crippen MR) is 64.5 cm³/mol. The second-order valence-corrected chi connectivity index (χ2v) is 4.13. The molecule has 0 bridgehead atoms. The smallest absolute Gasteiger partial charge is 0.156 e. The zero-order chi connectivity index (χ0) is 12.1. The van der Waals surface area contributed by atoms with Gasteiger partial charge in [-0.15, -0.1) is 0 Å². The van der Waals surface area contributed by atoms with Crippen LogP contribution in [0.25, 0.3) is 0 Å². The average Bonchev–Trinajstić information content (AvgIpc) is 2.23. The summed E-state index contributed by atoms with van der Waals surface area (Å²) in [5, 5.41) is 0. The summed E-state index contributed by atoms with van der Waals surface area (Å²) in [5.41, 5.74) is 9.03. The van der Waals surface area contributed by atoms with Gasteiger partial charge < -0.3 is 10.5 Å². The summed E-state index contributed by atoms with van der Waals surface area (Å²) in [6.45, 7) is 4.30. The number of ketones is 1. The fourth-order valence-corrected chi connectivity index (χ4v) is 1.58. The number of carbonyl (C=O) groups excluding carboxylic acids is 1. The molecule has 3 nitrogen and oxygen atoms in total. The maximum absolute atomic E-state index is 11.8. The van der Waals surface area contributed by atoms with Crippen LogP contribution in [-0.4, -0.2) is 25.5 Å². The van der Waals surface area contributed by atoms with Gasteiger partial charge in [0.15, 0.2) is 5.78 Å². The Morgan fingerprint density at radius 1 is 1.44 bits per heavy atom. The number of aryl methyl sites for hydroxylation is 2. The van der Waals surface area contributed by atoms with Gasteiger partial charge in [-0.1, -0.05) is 23.8 Å². The van der Waals surface area contributed by atoms with E-state index >= 15 is 0 Å². The SMILES string of the molecule is COCC(N)C(=O)Cc1cc(C)ccc1C. The minimum Gasteiger partial charge on any atom is -0.383 e. The van der Waals surface area contributed by atoms with E-state index < -0.39 is 6.04 Å². The molecule has 16 heavy (non-hydrogen) atoms. The van der Waals surface area contributed by atoms with Crippen LogP contribution in [0.2, 0.25) is 0 Å². The average molecular weight is 221 g/mol. The fourth-order valence-electron chi connectivity index (χ4n) is 1.58. The van der Waals surface area contributed by atoms with Crippen molar-refractivity contribution in [3.8, 4) is 0 Å². The molecule has 0 heterocycles. The Hall–Kier alpha value is -1.19. The van der Waals surface area contributed by atoms with Gasteiger partial charge in [0.05, 0.1) is 12.6 Å². The van der Waals surface area contributed by atoms with Gasteiger partial charge >= 0.3 is 0 Å². The van der Waals surface area contributed by atoms with Crippen molar-refractivity contribution in [3.63, 3.8) is 0 Å². The van der Waals surface area contributed by atoms with E-state index in [1.807, 2.05) is 32.0 Å². The van der Waals surface area contributed by atoms with Gasteiger partial charge in [-0.3, -0.25) is 4.79 Å². The largest absolute Gasteiger partial charge is 0.383 e. The Morgan fingerprint density at radius 3 is 2.75 bits per heavy atom. The number of rotatable bonds is 5. The topological polar surface area (TPSA) is 52.3 Å². The summed E-state index contributed by atoms with van der Waals surface area (Å²) in [4.78, 5) is 11.8. The number of Topliss-reactive ketones (excluding diaryl/α,β-unsaturated/α-hetero) is 1. The molecule has 1 aromatic carbocycles. The molecule has 0 fully saturated rings. The number of nitrogens with two attached hydrogens (primary N) is 1. The number of ether oxygens (including phenoxy) is 1. The van der Waals surface area contributed by atoms with Crippen molar-refractivity contribution in [2.75, 3.05) is 13.7 Å². The quantitative estimate of drug-likeness (QED) is 0.817. The van der Waals surface area contributed by atoms with E-state index in [2.05, 4.69) is 0 Å². The molecule has 2 N–H and O–H groups in total. The minimum absolute atomic E-state index is 0.0237. The minimum atomic E-state index is -0.523. The Kier molecular flexibility index (Phi) is 4.65. The molecule has 1 atom stereocenters. The van der Waals surface area contributed by atoms with E-state index in [9.17, 15) is 4.79 Å². The van der Waals surface area contributed by atoms with Crippen LogP contribution in [0.5, 0.6) is 0 Å². The van der Waals surface area contributed by atoms with Crippen molar-refractivity contribution in [2.45, 2.75) is 26.3 Å². The first-order chi connectivity index (χ1) is 7.54. The zero-order valence-corrected chi connectivity index (χ0v) is 10.1. The third-order valence-electron chi connectivity index (χ3n) is 2.63. The van der Waals surface area contributed by atoms with Crippen molar-refractivity contribution < 1.29 is 9.53 Å². The van der Waals surface area contributed by atoms with E-state index in [1.54, 1.807) is 7.11 Å². The predicted octanol–water partition coefficient (Wildman–Crippen LogP) is 1.39. The van der Waals surface area contributed by atoms with Crippen LogP contribution >= 0.6 is 0 Å². The lowest BCUT2D eigenvalue weighted by atomic mass is 9.98. The highest BCUT2D eigenvalue weighted by Gasteiger charge is 2.14. The second kappa shape index (κ2) is 5.77. The summed E-state index contributed by atoms with van der Waals surface area (Å²) in [6.07, 6.45) is 0.387. The van der Waals surface area contributed by atoms with Gasteiger partial charge in [0.2, 0.25) is 0 Å². The van der Waals surface area contributed by atoms with Crippen molar-refractivity contribution in [3.05, 3.63) is 34.9 Å². The summed E-state index contributed by atoms with van der Waals surface area (Å²) < 4.78 is 4.87. The van der Waals surface area contributed by atoms with Crippen LogP contribution in [0.4, 0.5) is 0 Å². The van der Waals surface area contributed by atoms with Crippen LogP contribution in [0.1, 0.15) is 16.7 Å². The molecule has 0 aliphatic rings. The van der Waals surface area contributed by atoms with Gasteiger partial charge in [0.25, 0.3) is 0 Å². The number of hydrogen-bond donors (Lipinski definition) is 1. The van der Waals surface area contributed by atoms with E-state index in [1.165, 1.54) is 0 Å². The Morgan fingerprint density at radius 2 is 2.12 bits per heavy atom. The Balaban J connectivity index is 2.72. The molecule has 1 rings (SSSR count). The lowest BCUT2D eigenvalue weighted by molar-refractivity contribution is -0.120. The summed E-state index contributed by atoms with van der Waals surface area (Å²) in [7, 11) is 1.55. The van der Waals surface area contributed by atoms with Crippen molar-refractivity contribution >= 4 is 5.78 Å². The zero-order valence-electron chi connectivity index (χ0n) is 10.1. The molecule has 88 valence electrons. The van der Waals surface area contributed by atoms with Gasteiger partial charge in [-0.05, 0) is 25.0 Å². The van der Waals surface area contributed by atoms with Crippen LogP contribution in [0.15, 0.2) is 18.2 Å². The molecule has 0 aromatic heterocycles. The normalized spacial score (nSPS) is 12.5. The van der Waals surface area contributed by atoms with Gasteiger partial charge in [-0.2, -0.15) is 0 Å². The number of carbonyl (C=O) groups is 1. The second-order valence-electron chi connectivity index (χ2n) is 4.13.